The molecular formula is C22H23N5O2. The molecule has 148 valence electrons. The Bertz CT molecular complexity index is 1190. The van der Waals surface area contributed by atoms with Gasteiger partial charge >= 0.3 is 5.69 Å². The number of aromatic nitrogens is 5. The smallest absolute Gasteiger partial charge is 0.351 e. The highest BCUT2D eigenvalue weighted by atomic mass is 16.5. The lowest BCUT2D eigenvalue weighted by Gasteiger charge is -2.09. The van der Waals surface area contributed by atoms with Gasteiger partial charge in [0.25, 0.3) is 0 Å². The minimum atomic E-state index is -0.163. The monoisotopic (exact) mass is 389 g/mol. The van der Waals surface area contributed by atoms with E-state index in [-0.39, 0.29) is 5.69 Å². The van der Waals surface area contributed by atoms with Crippen molar-refractivity contribution in [3.05, 3.63) is 82.3 Å². The molecule has 1 N–H and O–H groups in total. The third kappa shape index (κ3) is 3.59. The lowest BCUT2D eigenvalue weighted by molar-refractivity contribution is 0.414. The number of benzene rings is 2. The molecule has 4 rings (SSSR count). The van der Waals surface area contributed by atoms with Crippen molar-refractivity contribution in [1.29, 1.82) is 0 Å². The average Bonchev–Trinajstić information content (AvgIpc) is 3.38. The Kier molecular flexibility index (Phi) is 5.03. The molecule has 29 heavy (non-hydrogen) atoms. The van der Waals surface area contributed by atoms with E-state index in [4.69, 9.17) is 4.74 Å². The molecule has 0 unspecified atom stereocenters. The van der Waals surface area contributed by atoms with Gasteiger partial charge in [-0.05, 0) is 54.3 Å². The quantitative estimate of drug-likeness (QED) is 0.549. The largest absolute Gasteiger partial charge is 0.497 e. The highest BCUT2D eigenvalue weighted by molar-refractivity contribution is 5.67. The SMILES string of the molecule is CCc1cc(-n2nc(C)n(Cc3cccc(OC)c3)c2=O)ccc1-c1cn[nH]c1. The molecule has 0 bridgehead atoms. The first kappa shape index (κ1) is 18.7. The second-order valence-electron chi connectivity index (χ2n) is 6.86. The molecule has 0 aliphatic heterocycles. The van der Waals surface area contributed by atoms with Gasteiger partial charge in [-0.15, -0.1) is 0 Å². The van der Waals surface area contributed by atoms with Crippen molar-refractivity contribution < 1.29 is 4.74 Å². The minimum Gasteiger partial charge on any atom is -0.497 e. The number of H-pyrrole nitrogens is 1. The number of nitrogens with one attached hydrogen (secondary N) is 1. The van der Waals surface area contributed by atoms with Crippen LogP contribution >= 0.6 is 0 Å². The Balaban J connectivity index is 1.71. The standard InChI is InChI=1S/C22H23N5O2/c1-4-17-11-19(8-9-21(17)18-12-23-24-13-18)27-22(28)26(15(2)25-27)14-16-6-5-7-20(10-16)29-3/h5-13H,4,14H2,1-3H3,(H,23,24). The van der Waals surface area contributed by atoms with Crippen LogP contribution in [-0.4, -0.2) is 31.7 Å². The number of nitrogens with zero attached hydrogens (tertiary/aromatic N) is 4. The first-order valence-corrected chi connectivity index (χ1v) is 9.52. The number of hydrogen-bond donors (Lipinski definition) is 1. The van der Waals surface area contributed by atoms with Crippen LogP contribution in [0.25, 0.3) is 16.8 Å². The Labute approximate surface area is 168 Å². The molecule has 0 amide bonds. The van der Waals surface area contributed by atoms with Crippen LogP contribution in [0.3, 0.4) is 0 Å². The maximum Gasteiger partial charge on any atom is 0.351 e. The van der Waals surface area contributed by atoms with Crippen LogP contribution in [0.2, 0.25) is 0 Å². The van der Waals surface area contributed by atoms with E-state index in [1.54, 1.807) is 17.9 Å². The fourth-order valence-electron chi connectivity index (χ4n) is 3.48. The molecule has 0 saturated heterocycles. The molecule has 4 aromatic rings. The molecule has 7 heteroatoms. The summed E-state index contributed by atoms with van der Waals surface area (Å²) in [6.45, 7) is 4.38. The van der Waals surface area contributed by atoms with Gasteiger partial charge in [-0.25, -0.2) is 4.79 Å². The summed E-state index contributed by atoms with van der Waals surface area (Å²) in [6.07, 6.45) is 4.51. The Morgan fingerprint density at radius 3 is 2.76 bits per heavy atom. The van der Waals surface area contributed by atoms with E-state index >= 15 is 0 Å². The molecule has 2 aromatic heterocycles. The summed E-state index contributed by atoms with van der Waals surface area (Å²) in [7, 11) is 1.63. The first-order valence-electron chi connectivity index (χ1n) is 9.52. The summed E-state index contributed by atoms with van der Waals surface area (Å²) in [5, 5.41) is 11.4. The molecule has 2 aromatic carbocycles. The second kappa shape index (κ2) is 7.79. The van der Waals surface area contributed by atoms with Gasteiger partial charge in [0.1, 0.15) is 11.6 Å². The van der Waals surface area contributed by atoms with Crippen molar-refractivity contribution >= 4 is 0 Å². The lowest BCUT2D eigenvalue weighted by atomic mass is 10.00. The molecule has 0 aliphatic carbocycles. The van der Waals surface area contributed by atoms with Gasteiger partial charge in [0.05, 0.1) is 25.5 Å². The van der Waals surface area contributed by atoms with Gasteiger partial charge in [0, 0.05) is 11.8 Å². The molecule has 0 radical (unpaired) electrons. The summed E-state index contributed by atoms with van der Waals surface area (Å²) in [4.78, 5) is 13.1. The van der Waals surface area contributed by atoms with E-state index in [1.807, 2.05) is 55.6 Å². The number of hydrogen-bond acceptors (Lipinski definition) is 4. The van der Waals surface area contributed by atoms with E-state index < -0.39 is 0 Å². The minimum absolute atomic E-state index is 0.163. The van der Waals surface area contributed by atoms with E-state index in [9.17, 15) is 4.79 Å². The zero-order valence-corrected chi connectivity index (χ0v) is 16.7. The second-order valence-corrected chi connectivity index (χ2v) is 6.86. The molecule has 2 heterocycles. The van der Waals surface area contributed by atoms with Crippen LogP contribution in [0.1, 0.15) is 23.9 Å². The fourth-order valence-corrected chi connectivity index (χ4v) is 3.48. The van der Waals surface area contributed by atoms with Crippen molar-refractivity contribution in [2.75, 3.05) is 7.11 Å². The van der Waals surface area contributed by atoms with Crippen molar-refractivity contribution in [3.63, 3.8) is 0 Å². The van der Waals surface area contributed by atoms with E-state index in [2.05, 4.69) is 22.2 Å². The van der Waals surface area contributed by atoms with Crippen LogP contribution < -0.4 is 10.4 Å². The maximum absolute atomic E-state index is 13.1. The van der Waals surface area contributed by atoms with E-state index in [0.29, 0.717) is 12.4 Å². The summed E-state index contributed by atoms with van der Waals surface area (Å²) < 4.78 is 8.42. The van der Waals surface area contributed by atoms with E-state index in [0.717, 1.165) is 40.1 Å². The van der Waals surface area contributed by atoms with Crippen LogP contribution in [0.5, 0.6) is 5.75 Å². The normalized spacial score (nSPS) is 11.0. The summed E-state index contributed by atoms with van der Waals surface area (Å²) in [5.74, 6) is 1.43. The molecule has 0 atom stereocenters. The Hall–Kier alpha value is -3.61. The van der Waals surface area contributed by atoms with Crippen molar-refractivity contribution in [2.24, 2.45) is 0 Å². The number of rotatable bonds is 6. The zero-order valence-electron chi connectivity index (χ0n) is 16.7. The molecule has 0 saturated carbocycles. The molecule has 0 fully saturated rings. The number of aromatic amines is 1. The Morgan fingerprint density at radius 1 is 1.17 bits per heavy atom. The van der Waals surface area contributed by atoms with Crippen molar-refractivity contribution in [3.8, 4) is 22.6 Å². The summed E-state index contributed by atoms with van der Waals surface area (Å²) in [6, 6.07) is 13.7. The molecular weight excluding hydrogens is 366 g/mol. The van der Waals surface area contributed by atoms with E-state index in [1.165, 1.54) is 4.68 Å². The maximum atomic E-state index is 13.1. The highest BCUT2D eigenvalue weighted by Gasteiger charge is 2.14. The van der Waals surface area contributed by atoms with Crippen LogP contribution in [-0.2, 0) is 13.0 Å². The molecule has 0 spiro atoms. The van der Waals surface area contributed by atoms with Crippen LogP contribution in [0.4, 0.5) is 0 Å². The van der Waals surface area contributed by atoms with Gasteiger partial charge in [0.15, 0.2) is 0 Å². The molecule has 7 nitrogen and oxygen atoms in total. The predicted octanol–water partition coefficient (Wildman–Crippen LogP) is 3.35. The third-order valence-corrected chi connectivity index (χ3v) is 5.05. The van der Waals surface area contributed by atoms with Gasteiger partial charge < -0.3 is 4.74 Å². The van der Waals surface area contributed by atoms with Gasteiger partial charge in [-0.1, -0.05) is 25.1 Å². The third-order valence-electron chi connectivity index (χ3n) is 5.05. The van der Waals surface area contributed by atoms with Crippen LogP contribution in [0.15, 0.2) is 59.7 Å². The number of ether oxygens (including phenoxy) is 1. The lowest BCUT2D eigenvalue weighted by Crippen LogP contribution is -2.24. The van der Waals surface area contributed by atoms with Crippen molar-refractivity contribution in [2.45, 2.75) is 26.8 Å². The van der Waals surface area contributed by atoms with Crippen molar-refractivity contribution in [1.82, 2.24) is 24.5 Å². The molecule has 0 aliphatic rings. The van der Waals surface area contributed by atoms with Gasteiger partial charge in [0.2, 0.25) is 0 Å². The fraction of sp³-hybridized carbons (Fsp3) is 0.227. The van der Waals surface area contributed by atoms with Gasteiger partial charge in [-0.2, -0.15) is 14.9 Å². The topological polar surface area (TPSA) is 77.7 Å². The van der Waals surface area contributed by atoms with Crippen LogP contribution in [0, 0.1) is 6.92 Å². The number of aryl methyl sites for hydroxylation is 2. The average molecular weight is 389 g/mol. The van der Waals surface area contributed by atoms with Gasteiger partial charge in [-0.3, -0.25) is 9.67 Å². The predicted molar refractivity (Wildman–Crippen MR) is 112 cm³/mol. The zero-order chi connectivity index (χ0) is 20.4. The Morgan fingerprint density at radius 2 is 2.03 bits per heavy atom. The highest BCUT2D eigenvalue weighted by Crippen LogP contribution is 2.25. The number of methoxy groups -OCH3 is 1. The summed E-state index contributed by atoms with van der Waals surface area (Å²) in [5.41, 5.74) is 4.84. The first-order chi connectivity index (χ1) is 14.1. The summed E-state index contributed by atoms with van der Waals surface area (Å²) >= 11 is 0.